The molecule has 0 unspecified atom stereocenters. The average Bonchev–Trinajstić information content (AvgIpc) is 2.81. The highest BCUT2D eigenvalue weighted by Crippen LogP contribution is 2.25. The Bertz CT molecular complexity index is 960. The third kappa shape index (κ3) is 6.10. The number of nitrogens with zero attached hydrogens (tertiary/aromatic N) is 2. The summed E-state index contributed by atoms with van der Waals surface area (Å²) in [6.07, 6.45) is 7.12. The summed E-state index contributed by atoms with van der Waals surface area (Å²) in [4.78, 5) is 20.8. The van der Waals surface area contributed by atoms with Crippen LogP contribution in [-0.4, -0.2) is 52.1 Å². The van der Waals surface area contributed by atoms with Gasteiger partial charge in [-0.1, -0.05) is 45.2 Å². The summed E-state index contributed by atoms with van der Waals surface area (Å²) in [6.45, 7) is 13.2. The number of hydrogen-bond donors (Lipinski definition) is 2. The molecule has 2 aromatic rings. The molecule has 1 heterocycles. The predicted octanol–water partition coefficient (Wildman–Crippen LogP) is 4.89. The monoisotopic (exact) mass is 456 g/mol. The van der Waals surface area contributed by atoms with E-state index in [0.717, 1.165) is 72.6 Å². The number of hydrogen-bond acceptors (Lipinski definition) is 3. The second kappa shape index (κ2) is 11.8. The highest BCUT2D eigenvalue weighted by molar-refractivity contribution is 7.80. The molecule has 0 bridgehead atoms. The summed E-state index contributed by atoms with van der Waals surface area (Å²) >= 11 is 5.87. The molecule has 1 saturated carbocycles. The lowest BCUT2D eigenvalue weighted by Gasteiger charge is -2.36. The Hall–Kier alpha value is -1.92. The zero-order valence-corrected chi connectivity index (χ0v) is 21.1. The van der Waals surface area contributed by atoms with Crippen molar-refractivity contribution < 1.29 is 0 Å². The first-order valence-electron chi connectivity index (χ1n) is 12.3. The van der Waals surface area contributed by atoms with Crippen LogP contribution in [0.5, 0.6) is 0 Å². The molecule has 1 fully saturated rings. The minimum absolute atomic E-state index is 0.00339. The van der Waals surface area contributed by atoms with Gasteiger partial charge in [-0.3, -0.25) is 4.79 Å². The SMILES string of the molecule is CCN(CC)CCCNC(=S)N(Cc1cc2c(C)ccc(C)c2[nH]c1=O)C1CCCCC1. The maximum absolute atomic E-state index is 13.0. The van der Waals surface area contributed by atoms with E-state index in [1.165, 1.54) is 24.8 Å². The number of benzene rings is 1. The van der Waals surface area contributed by atoms with Gasteiger partial charge in [-0.2, -0.15) is 0 Å². The number of fused-ring (bicyclic) bond motifs is 1. The van der Waals surface area contributed by atoms with Crippen LogP contribution in [0.2, 0.25) is 0 Å². The van der Waals surface area contributed by atoms with E-state index in [-0.39, 0.29) is 5.56 Å². The maximum Gasteiger partial charge on any atom is 0.253 e. The van der Waals surface area contributed by atoms with Crippen LogP contribution in [0.25, 0.3) is 10.9 Å². The molecule has 5 nitrogen and oxygen atoms in total. The molecular formula is C26H40N4OS. The van der Waals surface area contributed by atoms with Gasteiger partial charge >= 0.3 is 0 Å². The van der Waals surface area contributed by atoms with Gasteiger partial charge in [0.15, 0.2) is 5.11 Å². The van der Waals surface area contributed by atoms with Crippen LogP contribution >= 0.6 is 12.2 Å². The first-order valence-corrected chi connectivity index (χ1v) is 12.7. The van der Waals surface area contributed by atoms with Crippen LogP contribution in [0, 0.1) is 13.8 Å². The molecule has 1 aliphatic rings. The van der Waals surface area contributed by atoms with Gasteiger partial charge in [0.2, 0.25) is 0 Å². The van der Waals surface area contributed by atoms with Crippen molar-refractivity contribution in [1.82, 2.24) is 20.1 Å². The van der Waals surface area contributed by atoms with Crippen LogP contribution in [0.1, 0.15) is 69.1 Å². The molecule has 3 rings (SSSR count). The third-order valence-electron chi connectivity index (χ3n) is 6.96. The predicted molar refractivity (Wildman–Crippen MR) is 139 cm³/mol. The van der Waals surface area contributed by atoms with Crippen LogP contribution < -0.4 is 10.9 Å². The summed E-state index contributed by atoms with van der Waals surface area (Å²) in [6, 6.07) is 6.68. The van der Waals surface area contributed by atoms with Crippen LogP contribution in [0.3, 0.4) is 0 Å². The van der Waals surface area contributed by atoms with Gasteiger partial charge in [0, 0.05) is 23.5 Å². The lowest BCUT2D eigenvalue weighted by atomic mass is 9.94. The van der Waals surface area contributed by atoms with Gasteiger partial charge in [-0.25, -0.2) is 0 Å². The summed E-state index contributed by atoms with van der Waals surface area (Å²) in [5.74, 6) is 0. The number of aromatic nitrogens is 1. The van der Waals surface area contributed by atoms with Gasteiger partial charge in [-0.15, -0.1) is 0 Å². The Labute approximate surface area is 198 Å². The summed E-state index contributed by atoms with van der Waals surface area (Å²) < 4.78 is 0. The minimum Gasteiger partial charge on any atom is -0.363 e. The molecule has 6 heteroatoms. The summed E-state index contributed by atoms with van der Waals surface area (Å²) in [5.41, 5.74) is 4.02. The number of aryl methyl sites for hydroxylation is 2. The molecule has 1 aliphatic carbocycles. The Kier molecular flexibility index (Phi) is 9.11. The number of H-pyrrole nitrogens is 1. The van der Waals surface area contributed by atoms with Crippen molar-refractivity contribution in [3.8, 4) is 0 Å². The molecule has 176 valence electrons. The molecule has 32 heavy (non-hydrogen) atoms. The van der Waals surface area contributed by atoms with Gasteiger partial charge in [0.1, 0.15) is 0 Å². The fourth-order valence-corrected chi connectivity index (χ4v) is 5.13. The summed E-state index contributed by atoms with van der Waals surface area (Å²) in [5, 5.41) is 5.41. The van der Waals surface area contributed by atoms with Crippen LogP contribution in [0.4, 0.5) is 0 Å². The van der Waals surface area contributed by atoms with E-state index in [1.807, 2.05) is 6.92 Å². The van der Waals surface area contributed by atoms with Gasteiger partial charge < -0.3 is 20.1 Å². The van der Waals surface area contributed by atoms with Gasteiger partial charge in [0.05, 0.1) is 12.1 Å². The molecule has 0 aliphatic heterocycles. The van der Waals surface area contributed by atoms with Gasteiger partial charge in [0.25, 0.3) is 5.56 Å². The second-order valence-corrected chi connectivity index (χ2v) is 9.53. The Morgan fingerprint density at radius 1 is 1.12 bits per heavy atom. The molecule has 0 atom stereocenters. The first-order chi connectivity index (χ1) is 15.4. The molecule has 0 radical (unpaired) electrons. The van der Waals surface area contributed by atoms with E-state index in [0.29, 0.717) is 12.6 Å². The zero-order valence-electron chi connectivity index (χ0n) is 20.3. The van der Waals surface area contributed by atoms with E-state index >= 15 is 0 Å². The maximum atomic E-state index is 13.0. The number of thiocarbonyl (C=S) groups is 1. The molecule has 1 aromatic carbocycles. The van der Waals surface area contributed by atoms with Crippen LogP contribution in [0.15, 0.2) is 23.0 Å². The van der Waals surface area contributed by atoms with E-state index in [9.17, 15) is 4.79 Å². The van der Waals surface area contributed by atoms with Crippen molar-refractivity contribution in [3.05, 3.63) is 45.2 Å². The molecule has 0 amide bonds. The summed E-state index contributed by atoms with van der Waals surface area (Å²) in [7, 11) is 0. The van der Waals surface area contributed by atoms with Crippen molar-refractivity contribution in [2.75, 3.05) is 26.2 Å². The number of rotatable bonds is 9. The van der Waals surface area contributed by atoms with Crippen molar-refractivity contribution in [1.29, 1.82) is 0 Å². The van der Waals surface area contributed by atoms with Crippen molar-refractivity contribution in [2.24, 2.45) is 0 Å². The molecule has 0 spiro atoms. The van der Waals surface area contributed by atoms with E-state index in [4.69, 9.17) is 12.2 Å². The fourth-order valence-electron chi connectivity index (χ4n) is 4.82. The fraction of sp³-hybridized carbons (Fsp3) is 0.615. The lowest BCUT2D eigenvalue weighted by molar-refractivity contribution is 0.233. The minimum atomic E-state index is -0.00339. The Morgan fingerprint density at radius 3 is 2.50 bits per heavy atom. The average molecular weight is 457 g/mol. The molecular weight excluding hydrogens is 416 g/mol. The quantitative estimate of drug-likeness (QED) is 0.416. The van der Waals surface area contributed by atoms with Gasteiger partial charge in [-0.05, 0) is 82.2 Å². The Balaban J connectivity index is 1.77. The molecule has 2 N–H and O–H groups in total. The van der Waals surface area contributed by atoms with Crippen LogP contribution in [-0.2, 0) is 6.54 Å². The van der Waals surface area contributed by atoms with Crippen molar-refractivity contribution >= 4 is 28.2 Å². The second-order valence-electron chi connectivity index (χ2n) is 9.14. The Morgan fingerprint density at radius 2 is 1.81 bits per heavy atom. The topological polar surface area (TPSA) is 51.4 Å². The smallest absolute Gasteiger partial charge is 0.253 e. The van der Waals surface area contributed by atoms with E-state index in [1.54, 1.807) is 0 Å². The number of nitrogens with one attached hydrogen (secondary N) is 2. The first kappa shape index (κ1) is 24.7. The highest BCUT2D eigenvalue weighted by Gasteiger charge is 2.24. The van der Waals surface area contributed by atoms with E-state index in [2.05, 4.69) is 59.1 Å². The number of aromatic amines is 1. The lowest BCUT2D eigenvalue weighted by Crippen LogP contribution is -2.47. The zero-order chi connectivity index (χ0) is 23.1. The number of pyridine rings is 1. The van der Waals surface area contributed by atoms with Crippen molar-refractivity contribution in [3.63, 3.8) is 0 Å². The van der Waals surface area contributed by atoms with Crippen molar-refractivity contribution in [2.45, 2.75) is 78.8 Å². The normalized spacial score (nSPS) is 14.8. The molecule has 1 aromatic heterocycles. The third-order valence-corrected chi connectivity index (χ3v) is 7.34. The largest absolute Gasteiger partial charge is 0.363 e. The molecule has 0 saturated heterocycles. The van der Waals surface area contributed by atoms with E-state index < -0.39 is 0 Å². The standard InChI is InChI=1S/C26H40N4OS/c1-5-29(6-2)16-10-15-27-26(32)30(22-11-8-7-9-12-22)18-21-17-23-19(3)13-14-20(4)24(23)28-25(21)31/h13-14,17,22H,5-12,15-16,18H2,1-4H3,(H,27,32)(H,28,31). The highest BCUT2D eigenvalue weighted by atomic mass is 32.1.